The van der Waals surface area contributed by atoms with Gasteiger partial charge in [-0.3, -0.25) is 14.4 Å². The van der Waals surface area contributed by atoms with Crippen molar-refractivity contribution in [2.75, 3.05) is 26.7 Å². The lowest BCUT2D eigenvalue weighted by Crippen LogP contribution is -2.52. The number of nitrogens with zero attached hydrogens (tertiary/aromatic N) is 2. The molecule has 2 heterocycles. The van der Waals surface area contributed by atoms with Crippen LogP contribution >= 0.6 is 0 Å². The number of hydrogen-bond acceptors (Lipinski definition) is 4. The molecule has 0 spiro atoms. The average Bonchev–Trinajstić information content (AvgIpc) is 2.66. The molecule has 1 N–H and O–H groups in total. The Morgan fingerprint density at radius 1 is 1.15 bits per heavy atom. The highest BCUT2D eigenvalue weighted by Crippen LogP contribution is 2.15. The number of H-pyrrole nitrogens is 1. The summed E-state index contributed by atoms with van der Waals surface area (Å²) in [5.41, 5.74) is 2.22. The summed E-state index contributed by atoms with van der Waals surface area (Å²) >= 11 is 0. The fraction of sp³-hybridized carbons (Fsp3) is 0.350. The van der Waals surface area contributed by atoms with Crippen LogP contribution in [0, 0.1) is 13.8 Å². The summed E-state index contributed by atoms with van der Waals surface area (Å²) < 4.78 is 5.14. The van der Waals surface area contributed by atoms with Crippen molar-refractivity contribution in [3.63, 3.8) is 0 Å². The summed E-state index contributed by atoms with van der Waals surface area (Å²) in [6.45, 7) is 4.90. The van der Waals surface area contributed by atoms with Crippen LogP contribution in [-0.2, 0) is 11.3 Å². The van der Waals surface area contributed by atoms with Crippen molar-refractivity contribution in [1.82, 2.24) is 14.8 Å². The normalized spacial score (nSPS) is 14.4. The minimum atomic E-state index is -0.420. The quantitative estimate of drug-likeness (QED) is 0.885. The average molecular weight is 369 g/mol. The Morgan fingerprint density at radius 2 is 1.85 bits per heavy atom. The molecule has 0 unspecified atom stereocenters. The van der Waals surface area contributed by atoms with Crippen molar-refractivity contribution in [2.45, 2.75) is 20.4 Å². The van der Waals surface area contributed by atoms with E-state index in [-0.39, 0.29) is 18.0 Å². The first-order valence-corrected chi connectivity index (χ1v) is 8.79. The van der Waals surface area contributed by atoms with Crippen molar-refractivity contribution in [3.05, 3.63) is 63.1 Å². The summed E-state index contributed by atoms with van der Waals surface area (Å²) in [5, 5.41) is 0. The minimum Gasteiger partial charge on any atom is -0.497 e. The van der Waals surface area contributed by atoms with Gasteiger partial charge in [0, 0.05) is 25.3 Å². The lowest BCUT2D eigenvalue weighted by molar-refractivity contribution is -0.135. The van der Waals surface area contributed by atoms with E-state index in [0.29, 0.717) is 19.6 Å². The van der Waals surface area contributed by atoms with Crippen molar-refractivity contribution in [1.29, 1.82) is 0 Å². The predicted octanol–water partition coefficient (Wildman–Crippen LogP) is 1.48. The van der Waals surface area contributed by atoms with Crippen LogP contribution in [0.3, 0.4) is 0 Å². The number of ether oxygens (including phenoxy) is 1. The third-order valence-corrected chi connectivity index (χ3v) is 4.87. The van der Waals surface area contributed by atoms with Crippen molar-refractivity contribution >= 4 is 11.8 Å². The molecule has 2 aromatic rings. The van der Waals surface area contributed by atoms with Gasteiger partial charge in [-0.15, -0.1) is 0 Å². The van der Waals surface area contributed by atoms with Crippen molar-refractivity contribution in [2.24, 2.45) is 0 Å². The molecule has 0 radical (unpaired) electrons. The fourth-order valence-electron chi connectivity index (χ4n) is 3.06. The molecule has 0 aliphatic carbocycles. The molecule has 1 saturated heterocycles. The zero-order valence-corrected chi connectivity index (χ0v) is 15.7. The molecule has 1 aromatic heterocycles. The molecule has 7 heteroatoms. The van der Waals surface area contributed by atoms with Gasteiger partial charge < -0.3 is 19.5 Å². The zero-order valence-electron chi connectivity index (χ0n) is 15.7. The number of carbonyl (C=O) groups excluding carboxylic acids is 2. The Bertz CT molecular complexity index is 918. The van der Waals surface area contributed by atoms with E-state index in [9.17, 15) is 14.4 Å². The molecular weight excluding hydrogens is 346 g/mol. The number of aromatic nitrogens is 1. The first kappa shape index (κ1) is 18.7. The van der Waals surface area contributed by atoms with Gasteiger partial charge in [0.1, 0.15) is 17.9 Å². The number of nitrogens with one attached hydrogen (secondary N) is 1. The maximum atomic E-state index is 12.7. The molecule has 142 valence electrons. The molecule has 27 heavy (non-hydrogen) atoms. The highest BCUT2D eigenvalue weighted by Gasteiger charge is 2.29. The smallest absolute Gasteiger partial charge is 0.261 e. The largest absolute Gasteiger partial charge is 0.497 e. The number of methoxy groups -OCH3 is 1. The molecule has 1 aliphatic rings. The standard InChI is InChI=1S/C20H23N3O4/c1-13-10-17(19(25)21-14(13)2)20(26)23-9-8-22(18(24)12-23)11-15-4-6-16(27-3)7-5-15/h4-7,10H,8-9,11-12H2,1-3H3,(H,21,25). The predicted molar refractivity (Wildman–Crippen MR) is 101 cm³/mol. The van der Waals surface area contributed by atoms with Gasteiger partial charge in [-0.25, -0.2) is 0 Å². The van der Waals surface area contributed by atoms with E-state index in [2.05, 4.69) is 4.98 Å². The van der Waals surface area contributed by atoms with Gasteiger partial charge in [-0.2, -0.15) is 0 Å². The molecular formula is C20H23N3O4. The van der Waals surface area contributed by atoms with Crippen molar-refractivity contribution < 1.29 is 14.3 Å². The first-order chi connectivity index (χ1) is 12.9. The second-order valence-electron chi connectivity index (χ2n) is 6.71. The van der Waals surface area contributed by atoms with Crippen molar-refractivity contribution in [3.8, 4) is 5.75 Å². The van der Waals surface area contributed by atoms with Crippen LogP contribution in [-0.4, -0.2) is 53.3 Å². The Balaban J connectivity index is 1.67. The minimum absolute atomic E-state index is 0.0264. The SMILES string of the molecule is COc1ccc(CN2CCN(C(=O)c3cc(C)c(C)[nH]c3=O)CC2=O)cc1. The van der Waals surface area contributed by atoms with E-state index >= 15 is 0 Å². The van der Waals surface area contributed by atoms with E-state index in [1.807, 2.05) is 31.2 Å². The number of aryl methyl sites for hydroxylation is 2. The van der Waals surface area contributed by atoms with Gasteiger partial charge in [0.2, 0.25) is 5.91 Å². The lowest BCUT2D eigenvalue weighted by Gasteiger charge is -2.34. The molecule has 2 amide bonds. The van der Waals surface area contributed by atoms with Gasteiger partial charge in [0.25, 0.3) is 11.5 Å². The number of aromatic amines is 1. The van der Waals surface area contributed by atoms with E-state index in [1.165, 1.54) is 4.90 Å². The highest BCUT2D eigenvalue weighted by molar-refractivity contribution is 5.97. The maximum absolute atomic E-state index is 12.7. The van der Waals surface area contributed by atoms with Gasteiger partial charge in [-0.05, 0) is 43.2 Å². The molecule has 1 fully saturated rings. The molecule has 1 aromatic carbocycles. The number of amides is 2. The molecule has 1 aliphatic heterocycles. The molecule has 0 saturated carbocycles. The Kier molecular flexibility index (Phi) is 5.30. The second-order valence-corrected chi connectivity index (χ2v) is 6.71. The summed E-state index contributed by atoms with van der Waals surface area (Å²) in [6.07, 6.45) is 0. The van der Waals surface area contributed by atoms with Crippen LogP contribution in [0.1, 0.15) is 27.2 Å². The monoisotopic (exact) mass is 369 g/mol. The van der Waals surface area contributed by atoms with E-state index in [4.69, 9.17) is 4.74 Å². The van der Waals surface area contributed by atoms with Crippen LogP contribution in [0.5, 0.6) is 5.75 Å². The topological polar surface area (TPSA) is 82.7 Å². The number of benzene rings is 1. The number of piperazine rings is 1. The fourth-order valence-corrected chi connectivity index (χ4v) is 3.06. The summed E-state index contributed by atoms with van der Waals surface area (Å²) in [6, 6.07) is 9.12. The maximum Gasteiger partial charge on any atom is 0.261 e. The van der Waals surface area contributed by atoms with Crippen LogP contribution in [0.25, 0.3) is 0 Å². The van der Waals surface area contributed by atoms with Gasteiger partial charge in [-0.1, -0.05) is 12.1 Å². The van der Waals surface area contributed by atoms with E-state index in [1.54, 1.807) is 25.0 Å². The summed E-state index contributed by atoms with van der Waals surface area (Å²) in [4.78, 5) is 43.1. The summed E-state index contributed by atoms with van der Waals surface area (Å²) in [5.74, 6) is 0.224. The third-order valence-electron chi connectivity index (χ3n) is 4.87. The van der Waals surface area contributed by atoms with Gasteiger partial charge in [0.05, 0.1) is 7.11 Å². The number of hydrogen-bond donors (Lipinski definition) is 1. The van der Waals surface area contributed by atoms with Crippen LogP contribution in [0.2, 0.25) is 0 Å². The van der Waals surface area contributed by atoms with Crippen LogP contribution in [0.4, 0.5) is 0 Å². The molecule has 0 atom stereocenters. The molecule has 7 nitrogen and oxygen atoms in total. The van der Waals surface area contributed by atoms with E-state index < -0.39 is 11.5 Å². The molecule has 3 rings (SSSR count). The summed E-state index contributed by atoms with van der Waals surface area (Å²) in [7, 11) is 1.61. The Hall–Kier alpha value is -3.09. The van der Waals surface area contributed by atoms with Crippen LogP contribution in [0.15, 0.2) is 35.1 Å². The van der Waals surface area contributed by atoms with Gasteiger partial charge >= 0.3 is 0 Å². The van der Waals surface area contributed by atoms with Gasteiger partial charge in [0.15, 0.2) is 0 Å². The third kappa shape index (κ3) is 4.02. The first-order valence-electron chi connectivity index (χ1n) is 8.79. The molecule has 0 bridgehead atoms. The number of rotatable bonds is 4. The van der Waals surface area contributed by atoms with Crippen LogP contribution < -0.4 is 10.3 Å². The number of pyridine rings is 1. The number of carbonyl (C=O) groups is 2. The highest BCUT2D eigenvalue weighted by atomic mass is 16.5. The van der Waals surface area contributed by atoms with E-state index in [0.717, 1.165) is 22.6 Å². The Morgan fingerprint density at radius 3 is 2.48 bits per heavy atom. The zero-order chi connectivity index (χ0) is 19.6. The Labute approximate surface area is 157 Å². The lowest BCUT2D eigenvalue weighted by atomic mass is 10.1. The second kappa shape index (κ2) is 7.65.